The molecule has 1 rings (SSSR count). The highest BCUT2D eigenvalue weighted by Gasteiger charge is 2.08. The highest BCUT2D eigenvalue weighted by atomic mass is 16.1. The fourth-order valence-corrected chi connectivity index (χ4v) is 1.06. The van der Waals surface area contributed by atoms with Gasteiger partial charge in [0.25, 0.3) is 0 Å². The largest absolute Gasteiger partial charge is 0.366 e. The number of benzene rings is 1. The average Bonchev–Trinajstić information content (AvgIpc) is 2.15. The van der Waals surface area contributed by atoms with Gasteiger partial charge in [0.05, 0.1) is 5.57 Å². The van der Waals surface area contributed by atoms with E-state index in [1.807, 2.05) is 0 Å². The molecule has 4 heteroatoms. The minimum absolute atomic E-state index is 0.123. The van der Waals surface area contributed by atoms with Crippen molar-refractivity contribution in [2.75, 3.05) is 0 Å². The van der Waals surface area contributed by atoms with Gasteiger partial charge in [-0.15, -0.1) is 0 Å². The lowest BCUT2D eigenvalue weighted by Gasteiger charge is -2.01. The molecule has 0 aromatic heterocycles. The van der Waals surface area contributed by atoms with Crippen LogP contribution < -0.4 is 11.5 Å². The van der Waals surface area contributed by atoms with E-state index in [0.717, 1.165) is 6.08 Å². The van der Waals surface area contributed by atoms with Gasteiger partial charge in [-0.2, -0.15) is 0 Å². The van der Waals surface area contributed by atoms with Gasteiger partial charge in [0, 0.05) is 6.08 Å². The summed E-state index contributed by atoms with van der Waals surface area (Å²) in [7, 11) is 0. The molecule has 0 saturated heterocycles. The zero-order chi connectivity index (χ0) is 10.6. The van der Waals surface area contributed by atoms with Crippen LogP contribution in [0.2, 0.25) is 0 Å². The zero-order valence-corrected chi connectivity index (χ0v) is 7.44. The number of amides is 2. The molecule has 0 aliphatic heterocycles. The Morgan fingerprint density at radius 3 is 2.07 bits per heavy atom. The molecule has 4 N–H and O–H groups in total. The van der Waals surface area contributed by atoms with Crippen molar-refractivity contribution in [2.45, 2.75) is 0 Å². The molecule has 0 saturated carbocycles. The zero-order valence-electron chi connectivity index (χ0n) is 7.44. The number of carbonyl (C=O) groups is 2. The number of carbonyl (C=O) groups excluding carboxylic acids is 2. The first-order valence-electron chi connectivity index (χ1n) is 3.97. The summed E-state index contributed by atoms with van der Waals surface area (Å²) in [6.45, 7) is 0. The summed E-state index contributed by atoms with van der Waals surface area (Å²) in [5, 5.41) is 0. The van der Waals surface area contributed by atoms with Gasteiger partial charge in [-0.05, 0) is 5.56 Å². The Kier molecular flexibility index (Phi) is 3.01. The molecule has 4 nitrogen and oxygen atoms in total. The first kappa shape index (κ1) is 9.98. The standard InChI is InChI=1S/C10H10N2O2/c11-9(13)6-8(10(12)14)7-4-2-1-3-5-7/h1-6H,(H2,11,13)(H2,12,14). The topological polar surface area (TPSA) is 86.2 Å². The summed E-state index contributed by atoms with van der Waals surface area (Å²) >= 11 is 0. The predicted octanol–water partition coefficient (Wildman–Crippen LogP) is 0.0406. The van der Waals surface area contributed by atoms with E-state index in [2.05, 4.69) is 0 Å². The third-order valence-electron chi connectivity index (χ3n) is 1.64. The molecule has 0 radical (unpaired) electrons. The number of nitrogens with two attached hydrogens (primary N) is 2. The Bertz CT molecular complexity index is 382. The minimum Gasteiger partial charge on any atom is -0.366 e. The summed E-state index contributed by atoms with van der Waals surface area (Å²) < 4.78 is 0. The van der Waals surface area contributed by atoms with Crippen LogP contribution in [0.3, 0.4) is 0 Å². The third kappa shape index (κ3) is 2.45. The molecule has 2 amide bonds. The van der Waals surface area contributed by atoms with Crippen LogP contribution in [0.1, 0.15) is 5.56 Å². The maximum absolute atomic E-state index is 11.0. The molecule has 0 spiro atoms. The molecule has 72 valence electrons. The third-order valence-corrected chi connectivity index (χ3v) is 1.64. The minimum atomic E-state index is -0.692. The van der Waals surface area contributed by atoms with Gasteiger partial charge >= 0.3 is 0 Å². The van der Waals surface area contributed by atoms with E-state index in [0.29, 0.717) is 5.56 Å². The fraction of sp³-hybridized carbons (Fsp3) is 0. The highest BCUT2D eigenvalue weighted by molar-refractivity contribution is 6.22. The molecule has 0 aliphatic rings. The Morgan fingerprint density at radius 2 is 1.64 bits per heavy atom. The van der Waals surface area contributed by atoms with Gasteiger partial charge in [-0.3, -0.25) is 9.59 Å². The SMILES string of the molecule is NC(=O)C=C(C(N)=O)c1ccccc1. The molecule has 14 heavy (non-hydrogen) atoms. The van der Waals surface area contributed by atoms with Crippen LogP contribution >= 0.6 is 0 Å². The van der Waals surface area contributed by atoms with Crippen molar-refractivity contribution in [3.05, 3.63) is 42.0 Å². The molecule has 1 aromatic rings. The Hall–Kier alpha value is -2.10. The smallest absolute Gasteiger partial charge is 0.249 e. The van der Waals surface area contributed by atoms with Crippen LogP contribution in [0.15, 0.2) is 36.4 Å². The summed E-state index contributed by atoms with van der Waals surface area (Å²) in [6, 6.07) is 8.64. The molecule has 1 aromatic carbocycles. The number of hydrogen-bond donors (Lipinski definition) is 2. The fourth-order valence-electron chi connectivity index (χ4n) is 1.06. The van der Waals surface area contributed by atoms with Crippen LogP contribution in [-0.4, -0.2) is 11.8 Å². The van der Waals surface area contributed by atoms with Crippen LogP contribution in [0.4, 0.5) is 0 Å². The molecule has 0 aliphatic carbocycles. The van der Waals surface area contributed by atoms with E-state index in [1.54, 1.807) is 30.3 Å². The molecule has 0 unspecified atom stereocenters. The van der Waals surface area contributed by atoms with Gasteiger partial charge in [0.2, 0.25) is 11.8 Å². The summed E-state index contributed by atoms with van der Waals surface area (Å²) in [5.74, 6) is -1.36. The van der Waals surface area contributed by atoms with Gasteiger partial charge in [0.1, 0.15) is 0 Å². The lowest BCUT2D eigenvalue weighted by Crippen LogP contribution is -2.16. The first-order chi connectivity index (χ1) is 6.61. The van der Waals surface area contributed by atoms with Gasteiger partial charge in [0.15, 0.2) is 0 Å². The van der Waals surface area contributed by atoms with Gasteiger partial charge in [-0.1, -0.05) is 30.3 Å². The Balaban J connectivity index is 3.14. The van der Waals surface area contributed by atoms with Gasteiger partial charge in [-0.25, -0.2) is 0 Å². The molecule has 0 atom stereocenters. The second-order valence-corrected chi connectivity index (χ2v) is 2.69. The summed E-state index contributed by atoms with van der Waals surface area (Å²) in [6.07, 6.45) is 1.03. The summed E-state index contributed by atoms with van der Waals surface area (Å²) in [5.41, 5.74) is 10.8. The van der Waals surface area contributed by atoms with E-state index >= 15 is 0 Å². The van der Waals surface area contributed by atoms with E-state index in [4.69, 9.17) is 11.5 Å². The monoisotopic (exact) mass is 190 g/mol. The van der Waals surface area contributed by atoms with Crippen LogP contribution in [0.25, 0.3) is 5.57 Å². The van der Waals surface area contributed by atoms with E-state index < -0.39 is 11.8 Å². The molecule has 0 fully saturated rings. The van der Waals surface area contributed by atoms with Crippen LogP contribution in [0.5, 0.6) is 0 Å². The van der Waals surface area contributed by atoms with E-state index in [9.17, 15) is 9.59 Å². The van der Waals surface area contributed by atoms with E-state index in [-0.39, 0.29) is 5.57 Å². The Morgan fingerprint density at radius 1 is 1.07 bits per heavy atom. The highest BCUT2D eigenvalue weighted by Crippen LogP contribution is 2.12. The summed E-state index contributed by atoms with van der Waals surface area (Å²) in [4.78, 5) is 21.6. The van der Waals surface area contributed by atoms with Crippen molar-refractivity contribution < 1.29 is 9.59 Å². The number of hydrogen-bond acceptors (Lipinski definition) is 2. The van der Waals surface area contributed by atoms with Crippen molar-refractivity contribution in [3.63, 3.8) is 0 Å². The second-order valence-electron chi connectivity index (χ2n) is 2.69. The van der Waals surface area contributed by atoms with E-state index in [1.165, 1.54) is 0 Å². The van der Waals surface area contributed by atoms with Crippen LogP contribution in [0, 0.1) is 0 Å². The van der Waals surface area contributed by atoms with Crippen molar-refractivity contribution >= 4 is 17.4 Å². The maximum atomic E-state index is 11.0. The normalized spacial score (nSPS) is 11.0. The predicted molar refractivity (Wildman–Crippen MR) is 52.8 cm³/mol. The first-order valence-corrected chi connectivity index (χ1v) is 3.97. The molecule has 0 heterocycles. The maximum Gasteiger partial charge on any atom is 0.249 e. The van der Waals surface area contributed by atoms with Crippen molar-refractivity contribution in [3.8, 4) is 0 Å². The van der Waals surface area contributed by atoms with Crippen LogP contribution in [-0.2, 0) is 9.59 Å². The van der Waals surface area contributed by atoms with Crippen molar-refractivity contribution in [1.82, 2.24) is 0 Å². The molecule has 0 bridgehead atoms. The average molecular weight is 190 g/mol. The number of primary amides is 2. The number of rotatable bonds is 3. The van der Waals surface area contributed by atoms with Gasteiger partial charge < -0.3 is 11.5 Å². The lowest BCUT2D eigenvalue weighted by molar-refractivity contribution is -0.115. The lowest BCUT2D eigenvalue weighted by atomic mass is 10.1. The van der Waals surface area contributed by atoms with Crippen molar-refractivity contribution in [1.29, 1.82) is 0 Å². The molecular weight excluding hydrogens is 180 g/mol. The second kappa shape index (κ2) is 4.23. The Labute approximate surface area is 81.2 Å². The quantitative estimate of drug-likeness (QED) is 0.659. The molecular formula is C10H10N2O2. The van der Waals surface area contributed by atoms with Crippen molar-refractivity contribution in [2.24, 2.45) is 11.5 Å².